The van der Waals surface area contributed by atoms with Crippen LogP contribution >= 0.6 is 0 Å². The van der Waals surface area contributed by atoms with Gasteiger partial charge in [-0.3, -0.25) is 4.98 Å². The van der Waals surface area contributed by atoms with Crippen molar-refractivity contribution in [2.24, 2.45) is 0 Å². The number of aromatic nitrogens is 5. The Kier molecular flexibility index (Phi) is 3.92. The molecule has 0 spiro atoms. The van der Waals surface area contributed by atoms with Crippen LogP contribution in [0.2, 0.25) is 0 Å². The summed E-state index contributed by atoms with van der Waals surface area (Å²) in [5, 5.41) is 3.31. The molecule has 2 aromatic carbocycles. The van der Waals surface area contributed by atoms with Crippen LogP contribution in [0.4, 0.5) is 0 Å². The number of para-hydroxylation sites is 1. The molecule has 2 heterocycles. The van der Waals surface area contributed by atoms with E-state index in [1.54, 1.807) is 19.5 Å². The molecule has 0 bridgehead atoms. The first kappa shape index (κ1) is 15.0. The predicted molar refractivity (Wildman–Crippen MR) is 93.1 cm³/mol. The Morgan fingerprint density at radius 1 is 0.880 bits per heavy atom. The second-order valence-corrected chi connectivity index (χ2v) is 5.38. The Morgan fingerprint density at radius 3 is 2.32 bits per heavy atom. The standard InChI is InChI=1S/C19H15N5O/c1-25-17-13-20-12-16(21-17)18-22-19(14-8-4-2-5-9-14)24(23-18)15-10-6-3-7-11-15/h2-13H,1H3/p+1. The number of rotatable bonds is 4. The zero-order chi connectivity index (χ0) is 17.1. The molecule has 0 unspecified atom stereocenters. The van der Waals surface area contributed by atoms with E-state index in [2.05, 4.69) is 15.1 Å². The summed E-state index contributed by atoms with van der Waals surface area (Å²) in [6.45, 7) is 0. The van der Waals surface area contributed by atoms with E-state index in [1.807, 2.05) is 65.3 Å². The molecule has 0 amide bonds. The van der Waals surface area contributed by atoms with Crippen LogP contribution in [0.1, 0.15) is 0 Å². The number of aromatic amines is 1. The molecule has 6 heteroatoms. The van der Waals surface area contributed by atoms with Crippen LogP contribution in [-0.2, 0) is 0 Å². The van der Waals surface area contributed by atoms with Crippen LogP contribution in [0.15, 0.2) is 73.1 Å². The first-order chi connectivity index (χ1) is 12.3. The van der Waals surface area contributed by atoms with Crippen LogP contribution < -0.4 is 9.42 Å². The van der Waals surface area contributed by atoms with Gasteiger partial charge < -0.3 is 4.74 Å². The Morgan fingerprint density at radius 2 is 1.60 bits per heavy atom. The van der Waals surface area contributed by atoms with E-state index >= 15 is 0 Å². The molecular weight excluding hydrogens is 314 g/mol. The highest BCUT2D eigenvalue weighted by molar-refractivity contribution is 5.56. The maximum absolute atomic E-state index is 5.16. The normalized spacial score (nSPS) is 10.6. The minimum Gasteiger partial charge on any atom is -0.480 e. The highest BCUT2D eigenvalue weighted by atomic mass is 16.5. The van der Waals surface area contributed by atoms with Gasteiger partial charge >= 0.3 is 11.6 Å². The number of nitrogens with zero attached hydrogens (tertiary/aromatic N) is 4. The Hall–Kier alpha value is -3.54. The minimum atomic E-state index is 0.446. The van der Waals surface area contributed by atoms with Crippen molar-refractivity contribution in [3.05, 3.63) is 73.1 Å². The number of hydrogen-bond donors (Lipinski definition) is 1. The van der Waals surface area contributed by atoms with Gasteiger partial charge in [0.05, 0.1) is 25.1 Å². The Labute approximate surface area is 144 Å². The van der Waals surface area contributed by atoms with Crippen LogP contribution in [-0.4, -0.2) is 27.2 Å². The minimum absolute atomic E-state index is 0.446. The van der Waals surface area contributed by atoms with Gasteiger partial charge in [-0.05, 0) is 29.2 Å². The highest BCUT2D eigenvalue weighted by Crippen LogP contribution is 2.19. The molecule has 6 nitrogen and oxygen atoms in total. The van der Waals surface area contributed by atoms with E-state index in [-0.39, 0.29) is 0 Å². The molecule has 0 aliphatic rings. The van der Waals surface area contributed by atoms with Gasteiger partial charge in [0, 0.05) is 0 Å². The lowest BCUT2D eigenvalue weighted by Crippen LogP contribution is -2.34. The van der Waals surface area contributed by atoms with E-state index in [1.165, 1.54) is 0 Å². The van der Waals surface area contributed by atoms with Gasteiger partial charge in [0.15, 0.2) is 11.4 Å². The molecule has 122 valence electrons. The van der Waals surface area contributed by atoms with Crippen LogP contribution in [0.3, 0.4) is 0 Å². The summed E-state index contributed by atoms with van der Waals surface area (Å²) >= 11 is 0. The third-order valence-electron chi connectivity index (χ3n) is 3.76. The fourth-order valence-electron chi connectivity index (χ4n) is 2.56. The van der Waals surface area contributed by atoms with Crippen molar-refractivity contribution >= 4 is 0 Å². The number of H-pyrrole nitrogens is 1. The number of benzene rings is 2. The molecule has 0 fully saturated rings. The largest absolute Gasteiger partial charge is 0.480 e. The van der Waals surface area contributed by atoms with E-state index in [9.17, 15) is 0 Å². The average molecular weight is 330 g/mol. The van der Waals surface area contributed by atoms with Gasteiger partial charge in [-0.2, -0.15) is 5.10 Å². The van der Waals surface area contributed by atoms with Crippen molar-refractivity contribution in [3.63, 3.8) is 0 Å². The van der Waals surface area contributed by atoms with Crippen molar-refractivity contribution in [1.82, 2.24) is 20.1 Å². The van der Waals surface area contributed by atoms with Crippen molar-refractivity contribution in [2.45, 2.75) is 0 Å². The van der Waals surface area contributed by atoms with E-state index in [4.69, 9.17) is 9.72 Å². The van der Waals surface area contributed by atoms with E-state index in [0.29, 0.717) is 17.4 Å². The van der Waals surface area contributed by atoms with E-state index in [0.717, 1.165) is 17.1 Å². The zero-order valence-corrected chi connectivity index (χ0v) is 13.6. The van der Waals surface area contributed by atoms with Gasteiger partial charge in [-0.15, -0.1) is 4.68 Å². The lowest BCUT2D eigenvalue weighted by Gasteiger charge is -1.98. The molecular formula is C19H16N5O+. The molecule has 1 N–H and O–H groups in total. The Bertz CT molecular complexity index is 926. The predicted octanol–water partition coefficient (Wildman–Crippen LogP) is 2.82. The highest BCUT2D eigenvalue weighted by Gasteiger charge is 2.25. The molecule has 0 saturated carbocycles. The molecule has 2 aromatic heterocycles. The quantitative estimate of drug-likeness (QED) is 0.584. The van der Waals surface area contributed by atoms with Crippen molar-refractivity contribution < 1.29 is 9.42 Å². The summed E-state index contributed by atoms with van der Waals surface area (Å²) in [5.74, 6) is 1.86. The maximum atomic E-state index is 5.16. The smallest absolute Gasteiger partial charge is 0.356 e. The average Bonchev–Trinajstić information content (AvgIpc) is 3.15. The molecule has 0 radical (unpaired) electrons. The second-order valence-electron chi connectivity index (χ2n) is 5.38. The summed E-state index contributed by atoms with van der Waals surface area (Å²) in [5.41, 5.74) is 2.60. The van der Waals surface area contributed by atoms with Gasteiger partial charge in [0.1, 0.15) is 0 Å². The number of hydrogen-bond acceptors (Lipinski definition) is 4. The molecule has 4 aromatic rings. The maximum Gasteiger partial charge on any atom is 0.356 e. The van der Waals surface area contributed by atoms with Gasteiger partial charge in [0.2, 0.25) is 5.88 Å². The van der Waals surface area contributed by atoms with Crippen molar-refractivity contribution in [2.75, 3.05) is 7.11 Å². The fraction of sp³-hybridized carbons (Fsp3) is 0.0526. The van der Waals surface area contributed by atoms with Gasteiger partial charge in [-0.25, -0.2) is 4.98 Å². The van der Waals surface area contributed by atoms with Crippen molar-refractivity contribution in [3.8, 4) is 34.5 Å². The summed E-state index contributed by atoms with van der Waals surface area (Å²) in [4.78, 5) is 13.3. The molecule has 0 aliphatic carbocycles. The zero-order valence-electron chi connectivity index (χ0n) is 13.6. The summed E-state index contributed by atoms with van der Waals surface area (Å²) in [6.07, 6.45) is 3.22. The summed E-state index contributed by atoms with van der Waals surface area (Å²) < 4.78 is 7.10. The van der Waals surface area contributed by atoms with Gasteiger partial charge in [-0.1, -0.05) is 36.4 Å². The SMILES string of the molecule is COc1cncc(-c2nc(-c3ccccc3)[n+](-c3ccccc3)[nH]2)n1. The second kappa shape index (κ2) is 6.52. The summed E-state index contributed by atoms with van der Waals surface area (Å²) in [7, 11) is 1.56. The lowest BCUT2D eigenvalue weighted by atomic mass is 10.2. The molecule has 4 rings (SSSR count). The molecule has 25 heavy (non-hydrogen) atoms. The number of nitrogens with one attached hydrogen (secondary N) is 1. The fourth-order valence-corrected chi connectivity index (χ4v) is 2.56. The third-order valence-corrected chi connectivity index (χ3v) is 3.76. The summed E-state index contributed by atoms with van der Waals surface area (Å²) in [6, 6.07) is 20.0. The van der Waals surface area contributed by atoms with Crippen LogP contribution in [0.5, 0.6) is 5.88 Å². The van der Waals surface area contributed by atoms with E-state index < -0.39 is 0 Å². The molecule has 0 atom stereocenters. The monoisotopic (exact) mass is 330 g/mol. The molecule has 0 aliphatic heterocycles. The number of methoxy groups -OCH3 is 1. The third kappa shape index (κ3) is 2.97. The van der Waals surface area contributed by atoms with Crippen molar-refractivity contribution in [1.29, 1.82) is 0 Å². The first-order valence-electron chi connectivity index (χ1n) is 7.84. The number of ether oxygens (including phenoxy) is 1. The molecule has 0 saturated heterocycles. The lowest BCUT2D eigenvalue weighted by molar-refractivity contribution is -0.644. The Balaban J connectivity index is 1.89. The van der Waals surface area contributed by atoms with Crippen LogP contribution in [0.25, 0.3) is 28.6 Å². The topological polar surface area (TPSA) is 67.6 Å². The first-order valence-corrected chi connectivity index (χ1v) is 7.84. The van der Waals surface area contributed by atoms with Crippen LogP contribution in [0, 0.1) is 0 Å². The van der Waals surface area contributed by atoms with Gasteiger partial charge in [0.25, 0.3) is 0 Å².